The molecule has 0 unspecified atom stereocenters. The summed E-state index contributed by atoms with van der Waals surface area (Å²) in [7, 11) is 1.98. The van der Waals surface area contributed by atoms with E-state index in [1.54, 1.807) is 12.7 Å². The second-order valence-electron chi connectivity index (χ2n) is 7.01. The van der Waals surface area contributed by atoms with E-state index in [4.69, 9.17) is 0 Å². The first-order chi connectivity index (χ1) is 13.1. The third-order valence-corrected chi connectivity index (χ3v) is 5.05. The third kappa shape index (κ3) is 2.57. The SMILES string of the molecule is Cc1cc(N2CCN(c3ncnc4ncn(C)c34)CC2)n2nc(C)cc2n1. The summed E-state index contributed by atoms with van der Waals surface area (Å²) in [5.41, 5.74) is 4.61. The van der Waals surface area contributed by atoms with Crippen molar-refractivity contribution in [1.29, 1.82) is 0 Å². The number of anilines is 2. The summed E-state index contributed by atoms with van der Waals surface area (Å²) in [5, 5.41) is 4.62. The average Bonchev–Trinajstić information content (AvgIpc) is 3.23. The Hall–Kier alpha value is -3.23. The van der Waals surface area contributed by atoms with Crippen molar-refractivity contribution >= 4 is 28.4 Å². The molecule has 0 N–H and O–H groups in total. The van der Waals surface area contributed by atoms with E-state index in [1.807, 2.05) is 36.0 Å². The summed E-state index contributed by atoms with van der Waals surface area (Å²) in [5.74, 6) is 2.05. The van der Waals surface area contributed by atoms with E-state index in [9.17, 15) is 0 Å². The smallest absolute Gasteiger partial charge is 0.182 e. The van der Waals surface area contributed by atoms with E-state index >= 15 is 0 Å². The Morgan fingerprint density at radius 3 is 2.48 bits per heavy atom. The molecule has 1 fully saturated rings. The maximum Gasteiger partial charge on any atom is 0.182 e. The van der Waals surface area contributed by atoms with Crippen LogP contribution in [-0.4, -0.2) is 60.3 Å². The normalized spacial score (nSPS) is 15.2. The predicted octanol–water partition coefficient (Wildman–Crippen LogP) is 1.35. The zero-order valence-corrected chi connectivity index (χ0v) is 15.7. The van der Waals surface area contributed by atoms with Gasteiger partial charge in [0.05, 0.1) is 12.0 Å². The molecule has 0 atom stereocenters. The molecule has 9 nitrogen and oxygen atoms in total. The van der Waals surface area contributed by atoms with Crippen LogP contribution in [0.3, 0.4) is 0 Å². The lowest BCUT2D eigenvalue weighted by Gasteiger charge is -2.36. The van der Waals surface area contributed by atoms with Gasteiger partial charge in [-0.25, -0.2) is 19.9 Å². The van der Waals surface area contributed by atoms with Crippen LogP contribution in [0, 0.1) is 13.8 Å². The van der Waals surface area contributed by atoms with Crippen LogP contribution in [-0.2, 0) is 7.05 Å². The van der Waals surface area contributed by atoms with E-state index < -0.39 is 0 Å². The number of imidazole rings is 1. The molecule has 5 heterocycles. The molecule has 9 heteroatoms. The quantitative estimate of drug-likeness (QED) is 0.532. The minimum atomic E-state index is 0.739. The van der Waals surface area contributed by atoms with Crippen LogP contribution >= 0.6 is 0 Å². The van der Waals surface area contributed by atoms with Crippen LogP contribution in [0.25, 0.3) is 16.8 Å². The van der Waals surface area contributed by atoms with E-state index in [0.29, 0.717) is 0 Å². The van der Waals surface area contributed by atoms with E-state index in [0.717, 1.165) is 66.0 Å². The Morgan fingerprint density at radius 2 is 1.67 bits per heavy atom. The first-order valence-electron chi connectivity index (χ1n) is 9.06. The topological polar surface area (TPSA) is 80.3 Å². The van der Waals surface area contributed by atoms with Gasteiger partial charge in [-0.05, 0) is 13.8 Å². The summed E-state index contributed by atoms with van der Waals surface area (Å²) < 4.78 is 3.93. The van der Waals surface area contributed by atoms with Gasteiger partial charge in [0, 0.05) is 51.1 Å². The molecule has 1 aliphatic rings. The highest BCUT2D eigenvalue weighted by molar-refractivity contribution is 5.83. The van der Waals surface area contributed by atoms with Crippen LogP contribution < -0.4 is 9.80 Å². The number of piperazine rings is 1. The van der Waals surface area contributed by atoms with Crippen LogP contribution in [0.1, 0.15) is 11.4 Å². The van der Waals surface area contributed by atoms with Gasteiger partial charge in [0.2, 0.25) is 0 Å². The molecule has 138 valence electrons. The maximum atomic E-state index is 4.62. The van der Waals surface area contributed by atoms with Crippen molar-refractivity contribution in [3.63, 3.8) is 0 Å². The molecule has 0 radical (unpaired) electrons. The summed E-state index contributed by atoms with van der Waals surface area (Å²) in [6.07, 6.45) is 3.38. The fourth-order valence-electron chi connectivity index (χ4n) is 3.77. The lowest BCUT2D eigenvalue weighted by molar-refractivity contribution is 0.633. The van der Waals surface area contributed by atoms with E-state index in [1.165, 1.54) is 0 Å². The van der Waals surface area contributed by atoms with Crippen molar-refractivity contribution in [3.05, 3.63) is 36.2 Å². The molecule has 4 aromatic heterocycles. The monoisotopic (exact) mass is 363 g/mol. The number of nitrogens with zero attached hydrogens (tertiary/aromatic N) is 9. The Balaban J connectivity index is 1.44. The molecule has 0 saturated carbocycles. The lowest BCUT2D eigenvalue weighted by Crippen LogP contribution is -2.47. The lowest BCUT2D eigenvalue weighted by atomic mass is 10.3. The fourth-order valence-corrected chi connectivity index (χ4v) is 3.77. The fraction of sp³-hybridized carbons (Fsp3) is 0.389. The van der Waals surface area contributed by atoms with Crippen LogP contribution in [0.5, 0.6) is 0 Å². The van der Waals surface area contributed by atoms with Crippen LogP contribution in [0.4, 0.5) is 11.6 Å². The van der Waals surface area contributed by atoms with E-state index in [-0.39, 0.29) is 0 Å². The number of hydrogen-bond acceptors (Lipinski definition) is 7. The summed E-state index contributed by atoms with van der Waals surface area (Å²) in [4.78, 5) is 22.4. The molecule has 0 bridgehead atoms. The molecular formula is C18H21N9. The van der Waals surface area contributed by atoms with Gasteiger partial charge in [0.15, 0.2) is 17.1 Å². The Labute approximate surface area is 156 Å². The molecule has 0 spiro atoms. The molecule has 0 aromatic carbocycles. The second-order valence-corrected chi connectivity index (χ2v) is 7.01. The van der Waals surface area contributed by atoms with Gasteiger partial charge in [-0.2, -0.15) is 9.61 Å². The van der Waals surface area contributed by atoms with Crippen molar-refractivity contribution in [1.82, 2.24) is 34.1 Å². The van der Waals surface area contributed by atoms with E-state index in [2.05, 4.69) is 40.9 Å². The van der Waals surface area contributed by atoms with Gasteiger partial charge < -0.3 is 14.4 Å². The Morgan fingerprint density at radius 1 is 0.889 bits per heavy atom. The largest absolute Gasteiger partial charge is 0.353 e. The molecule has 0 amide bonds. The molecule has 1 aliphatic heterocycles. The maximum absolute atomic E-state index is 4.62. The van der Waals surface area contributed by atoms with Gasteiger partial charge in [-0.3, -0.25) is 0 Å². The van der Waals surface area contributed by atoms with Crippen LogP contribution in [0.2, 0.25) is 0 Å². The van der Waals surface area contributed by atoms with Gasteiger partial charge in [0.1, 0.15) is 17.7 Å². The Kier molecular flexibility index (Phi) is 3.49. The standard InChI is InChI=1S/C18H21N9/c1-12-9-15(27-14(22-12)8-13(2)23-27)25-4-6-26(7-5-25)18-16-17(19-10-20-18)21-11-24(16)3/h8-11H,4-7H2,1-3H3. The van der Waals surface area contributed by atoms with Gasteiger partial charge >= 0.3 is 0 Å². The zero-order chi connectivity index (χ0) is 18.5. The average molecular weight is 363 g/mol. The van der Waals surface area contributed by atoms with Gasteiger partial charge in [0.25, 0.3) is 0 Å². The van der Waals surface area contributed by atoms with Gasteiger partial charge in [-0.15, -0.1) is 0 Å². The van der Waals surface area contributed by atoms with Crippen molar-refractivity contribution < 1.29 is 0 Å². The minimum Gasteiger partial charge on any atom is -0.353 e. The van der Waals surface area contributed by atoms with Crippen molar-refractivity contribution in [3.8, 4) is 0 Å². The Bertz CT molecular complexity index is 1130. The predicted molar refractivity (Wildman–Crippen MR) is 103 cm³/mol. The first-order valence-corrected chi connectivity index (χ1v) is 9.06. The molecule has 4 aromatic rings. The van der Waals surface area contributed by atoms with Crippen molar-refractivity contribution in [2.45, 2.75) is 13.8 Å². The highest BCUT2D eigenvalue weighted by atomic mass is 15.4. The molecule has 5 rings (SSSR count). The molecule has 1 saturated heterocycles. The minimum absolute atomic E-state index is 0.739. The highest BCUT2D eigenvalue weighted by Gasteiger charge is 2.23. The number of aryl methyl sites for hydroxylation is 3. The molecular weight excluding hydrogens is 342 g/mol. The summed E-state index contributed by atoms with van der Waals surface area (Å²) in [6.45, 7) is 7.56. The highest BCUT2D eigenvalue weighted by Crippen LogP contribution is 2.25. The molecule has 0 aliphatic carbocycles. The number of hydrogen-bond donors (Lipinski definition) is 0. The number of rotatable bonds is 2. The second kappa shape index (κ2) is 5.90. The third-order valence-electron chi connectivity index (χ3n) is 5.05. The number of aromatic nitrogens is 7. The van der Waals surface area contributed by atoms with Crippen molar-refractivity contribution in [2.24, 2.45) is 7.05 Å². The number of fused-ring (bicyclic) bond motifs is 2. The zero-order valence-electron chi connectivity index (χ0n) is 15.7. The van der Waals surface area contributed by atoms with Crippen molar-refractivity contribution in [2.75, 3.05) is 36.0 Å². The summed E-state index contributed by atoms with van der Waals surface area (Å²) in [6, 6.07) is 4.13. The summed E-state index contributed by atoms with van der Waals surface area (Å²) >= 11 is 0. The first kappa shape index (κ1) is 16.0. The van der Waals surface area contributed by atoms with Gasteiger partial charge in [-0.1, -0.05) is 0 Å². The van der Waals surface area contributed by atoms with Crippen LogP contribution in [0.15, 0.2) is 24.8 Å². The molecule has 27 heavy (non-hydrogen) atoms.